The first-order valence-electron chi connectivity index (χ1n) is 26.3. The quantitative estimate of drug-likeness (QED) is 0.0516. The smallest absolute Gasteiger partial charge is 0.224 e. The number of ether oxygens (including phenoxy) is 6. The summed E-state index contributed by atoms with van der Waals surface area (Å²) in [4.78, 5) is 62.3. The number of Topliss-reactive ketones (excluding diaryl/α,β-unsaturated/α-hetero) is 3. The molecule has 13 nitrogen and oxygen atoms in total. The van der Waals surface area contributed by atoms with E-state index in [2.05, 4.69) is 4.98 Å². The molecule has 7 rings (SSSR count). The first-order chi connectivity index (χ1) is 35.8. The number of hydrogen-bond donors (Lipinski definition) is 2. The number of rotatable bonds is 19. The fourth-order valence-electron chi connectivity index (χ4n) is 9.13. The van der Waals surface area contributed by atoms with E-state index in [0.29, 0.717) is 80.6 Å². The zero-order valence-electron chi connectivity index (χ0n) is 45.0. The van der Waals surface area contributed by atoms with Crippen molar-refractivity contribution in [2.75, 3.05) is 46.9 Å². The molecule has 0 spiro atoms. The first kappa shape index (κ1) is 63.3. The van der Waals surface area contributed by atoms with Crippen molar-refractivity contribution in [3.8, 4) is 17.2 Å². The summed E-state index contributed by atoms with van der Waals surface area (Å²) in [6.07, 6.45) is 17.0. The van der Waals surface area contributed by atoms with Gasteiger partial charge in [0.05, 0.1) is 34.5 Å². The van der Waals surface area contributed by atoms with E-state index in [1.807, 2.05) is 20.8 Å². The average Bonchev–Trinajstić information content (AvgIpc) is 3.42. The van der Waals surface area contributed by atoms with Crippen molar-refractivity contribution >= 4 is 85.6 Å². The second kappa shape index (κ2) is 32.5. The van der Waals surface area contributed by atoms with E-state index < -0.39 is 0 Å². The van der Waals surface area contributed by atoms with Crippen LogP contribution in [0, 0.1) is 11.8 Å². The van der Waals surface area contributed by atoms with Gasteiger partial charge in [-0.05, 0) is 133 Å². The molecule has 17 heteroatoms. The highest BCUT2D eigenvalue weighted by Gasteiger charge is 2.26. The van der Waals surface area contributed by atoms with E-state index in [1.54, 1.807) is 63.8 Å². The molecule has 1 aromatic heterocycles. The lowest BCUT2D eigenvalue weighted by Gasteiger charge is -2.22. The third kappa shape index (κ3) is 19.6. The van der Waals surface area contributed by atoms with Gasteiger partial charge >= 0.3 is 0 Å². The van der Waals surface area contributed by atoms with Crippen LogP contribution in [-0.2, 0) is 30.2 Å². The number of ketones is 3. The van der Waals surface area contributed by atoms with Crippen molar-refractivity contribution in [2.45, 2.75) is 162 Å². The number of halogens is 4. The van der Waals surface area contributed by atoms with Crippen molar-refractivity contribution in [1.29, 1.82) is 0 Å². The topological polar surface area (TPSA) is 183 Å². The van der Waals surface area contributed by atoms with Crippen LogP contribution >= 0.6 is 46.4 Å². The third-order valence-corrected chi connectivity index (χ3v) is 15.5. The molecule has 1 heterocycles. The predicted molar refractivity (Wildman–Crippen MR) is 301 cm³/mol. The molecule has 3 N–H and O–H groups in total. The van der Waals surface area contributed by atoms with Crippen LogP contribution < -0.4 is 25.4 Å². The lowest BCUT2D eigenvalue weighted by molar-refractivity contribution is -0.123. The van der Waals surface area contributed by atoms with Gasteiger partial charge in [0.15, 0.2) is 17.0 Å². The normalized spacial score (nSPS) is 16.4. The van der Waals surface area contributed by atoms with E-state index in [1.165, 1.54) is 58.8 Å². The molecule has 75 heavy (non-hydrogen) atoms. The Kier molecular flexibility index (Phi) is 27.4. The van der Waals surface area contributed by atoms with Gasteiger partial charge < -0.3 is 39.1 Å². The van der Waals surface area contributed by atoms with Crippen LogP contribution in [0.4, 0.5) is 5.69 Å². The maximum Gasteiger partial charge on any atom is 0.224 e. The largest absolute Gasteiger partial charge is 0.489 e. The van der Waals surface area contributed by atoms with Crippen molar-refractivity contribution in [3.63, 3.8) is 0 Å². The number of nitrogen functional groups attached to an aromatic ring is 1. The highest BCUT2D eigenvalue weighted by Crippen LogP contribution is 2.37. The molecular weight excluding hydrogens is 1040 g/mol. The molecule has 414 valence electrons. The highest BCUT2D eigenvalue weighted by atomic mass is 35.5. The molecule has 3 atom stereocenters. The molecule has 3 saturated carbocycles. The summed E-state index contributed by atoms with van der Waals surface area (Å²) in [6.45, 7) is 9.77. The van der Waals surface area contributed by atoms with Crippen molar-refractivity contribution in [2.24, 2.45) is 11.8 Å². The monoisotopic (exact) mass is 1120 g/mol. The second-order valence-electron chi connectivity index (χ2n) is 19.8. The number of hydrogen-bond acceptors (Lipinski definition) is 12. The summed E-state index contributed by atoms with van der Waals surface area (Å²) < 4.78 is 32.3. The Hall–Kier alpha value is -4.21. The number of methoxy groups -OCH3 is 3. The minimum atomic E-state index is -0.130. The number of nitrogens with one attached hydrogen (secondary N) is 1. The lowest BCUT2D eigenvalue weighted by atomic mass is 9.83. The highest BCUT2D eigenvalue weighted by molar-refractivity contribution is 6.64. The molecule has 3 fully saturated rings. The van der Waals surface area contributed by atoms with Gasteiger partial charge in [-0.25, -0.2) is 0 Å². The SMILES string of the molecule is COC(C)COc1ccc(C(C)=O)c(CC(=O)C2CCCCC2)c1Cl.COC(C)COc1ccc(C(C)=O)c(N)c1Cl.COC(C)COc1ccc2c(=O)cc(C3CCCCC3)[nH]c2c1Cl.O=C(Cl)C1CCCCC1. The number of anilines is 1. The van der Waals surface area contributed by atoms with Gasteiger partial charge in [-0.1, -0.05) is 92.6 Å². The van der Waals surface area contributed by atoms with Gasteiger partial charge in [-0.15, -0.1) is 0 Å². The molecule has 0 aliphatic heterocycles. The maximum absolute atomic E-state index is 12.7. The van der Waals surface area contributed by atoms with Crippen LogP contribution in [0.15, 0.2) is 47.3 Å². The van der Waals surface area contributed by atoms with Gasteiger partial charge in [-0.2, -0.15) is 0 Å². The Bertz CT molecular complexity index is 2550. The number of pyridine rings is 1. The number of benzene rings is 3. The average molecular weight is 1120 g/mol. The number of H-pyrrole nitrogens is 1. The molecule has 0 amide bonds. The molecule has 0 bridgehead atoms. The summed E-state index contributed by atoms with van der Waals surface area (Å²) >= 11 is 24.4. The zero-order chi connectivity index (χ0) is 55.2. The summed E-state index contributed by atoms with van der Waals surface area (Å²) in [5.74, 6) is 2.16. The molecule has 3 aromatic carbocycles. The Morgan fingerprint density at radius 2 is 1.03 bits per heavy atom. The standard InChI is InChI=1S/C20H27ClO4.C19H24ClNO3.C12H16ClNO3.C7H11ClO/c1-13(24-3)12-25-19-10-9-16(14(2)22)17(20(19)21)11-18(23)15-7-5-4-6-8-15;1-12(23-2)11-24-17-9-8-14-16(22)10-15(21-19(14)18(17)20)13-6-4-3-5-7-13;1-7(16-3)6-17-10-5-4-9(8(2)15)12(14)11(10)13;8-7(9)6-4-2-1-3-5-6/h9-10,13,15H,4-8,11-12H2,1-3H3;8-10,12-13H,3-7,11H2,1-2H3,(H,21,22);4-5,7H,6,14H2,1-3H3;6H,1-5H2. The summed E-state index contributed by atoms with van der Waals surface area (Å²) in [7, 11) is 4.86. The molecule has 0 saturated heterocycles. The molecule has 3 aliphatic rings. The Labute approximate surface area is 463 Å². The Morgan fingerprint density at radius 1 is 0.600 bits per heavy atom. The summed E-state index contributed by atoms with van der Waals surface area (Å²) in [6, 6.07) is 11.9. The van der Waals surface area contributed by atoms with Gasteiger partial charge in [-0.3, -0.25) is 24.0 Å². The maximum atomic E-state index is 12.7. The van der Waals surface area contributed by atoms with Crippen LogP contribution in [0.25, 0.3) is 10.9 Å². The van der Waals surface area contributed by atoms with Crippen LogP contribution in [-0.4, -0.2) is 87.0 Å². The van der Waals surface area contributed by atoms with Crippen molar-refractivity contribution in [3.05, 3.63) is 90.1 Å². The molecule has 4 aromatic rings. The van der Waals surface area contributed by atoms with E-state index in [-0.39, 0.29) is 75.3 Å². The van der Waals surface area contributed by atoms with Crippen LogP contribution in [0.2, 0.25) is 15.1 Å². The second-order valence-corrected chi connectivity index (χ2v) is 21.3. The van der Waals surface area contributed by atoms with Crippen LogP contribution in [0.1, 0.15) is 169 Å². The van der Waals surface area contributed by atoms with Gasteiger partial charge in [0.25, 0.3) is 0 Å². The zero-order valence-corrected chi connectivity index (χ0v) is 48.0. The van der Waals surface area contributed by atoms with E-state index in [9.17, 15) is 24.0 Å². The minimum Gasteiger partial charge on any atom is -0.489 e. The lowest BCUT2D eigenvalue weighted by Crippen LogP contribution is -2.21. The van der Waals surface area contributed by atoms with Gasteiger partial charge in [0, 0.05) is 67.9 Å². The van der Waals surface area contributed by atoms with Crippen molar-refractivity contribution < 1.29 is 47.6 Å². The third-order valence-electron chi connectivity index (χ3n) is 14.0. The van der Waals surface area contributed by atoms with Gasteiger partial charge in [0.2, 0.25) is 5.24 Å². The first-order valence-corrected chi connectivity index (χ1v) is 27.8. The van der Waals surface area contributed by atoms with E-state index in [0.717, 1.165) is 57.1 Å². The number of aromatic amines is 1. The summed E-state index contributed by atoms with van der Waals surface area (Å²) in [5, 5.41) is 1.56. The molecule has 0 radical (unpaired) electrons. The number of aromatic nitrogens is 1. The van der Waals surface area contributed by atoms with E-state index in [4.69, 9.17) is 80.6 Å². The molecule has 3 aliphatic carbocycles. The summed E-state index contributed by atoms with van der Waals surface area (Å²) in [5.41, 5.74) is 9.19. The fraction of sp³-hybridized carbons (Fsp3) is 0.569. The predicted octanol–water partition coefficient (Wildman–Crippen LogP) is 14.2. The molecular formula is C58H78Cl4N2O11. The minimum absolute atomic E-state index is 0.0167. The van der Waals surface area contributed by atoms with Crippen LogP contribution in [0.5, 0.6) is 17.2 Å². The number of fused-ring (bicyclic) bond motifs is 1. The fourth-order valence-corrected chi connectivity index (χ4v) is 10.1. The molecule has 3 unspecified atom stereocenters. The van der Waals surface area contributed by atoms with E-state index >= 15 is 0 Å². The van der Waals surface area contributed by atoms with Crippen LogP contribution in [0.3, 0.4) is 0 Å². The Morgan fingerprint density at radius 3 is 1.48 bits per heavy atom. The Balaban J connectivity index is 0.000000228. The number of carbonyl (C=O) groups is 4. The van der Waals surface area contributed by atoms with Crippen molar-refractivity contribution in [1.82, 2.24) is 4.98 Å². The number of nitrogens with two attached hydrogens (primary N) is 1. The van der Waals surface area contributed by atoms with Gasteiger partial charge in [0.1, 0.15) is 52.9 Å². The number of carbonyl (C=O) groups excluding carboxylic acids is 4.